The van der Waals surface area contributed by atoms with Crippen molar-refractivity contribution in [1.29, 1.82) is 0 Å². The van der Waals surface area contributed by atoms with Gasteiger partial charge in [-0.15, -0.1) is 0 Å². The Morgan fingerprint density at radius 2 is 1.78 bits per heavy atom. The largest absolute Gasteiger partial charge is 0.0822 e. The molecule has 0 saturated heterocycles. The average Bonchev–Trinajstić information content (AvgIpc) is 2.37. The van der Waals surface area contributed by atoms with Gasteiger partial charge in [0.15, 0.2) is 0 Å². The maximum Gasteiger partial charge on any atom is -0.0180 e. The van der Waals surface area contributed by atoms with E-state index in [2.05, 4.69) is 57.2 Å². The fraction of sp³-hybridized carbons (Fsp3) is 0.556. The van der Waals surface area contributed by atoms with E-state index >= 15 is 0 Å². The van der Waals surface area contributed by atoms with Crippen molar-refractivity contribution in [2.24, 2.45) is 17.8 Å². The zero-order valence-corrected chi connectivity index (χ0v) is 12.0. The molecular formula is C18H26. The molecule has 2 unspecified atom stereocenters. The number of benzene rings is 1. The average molecular weight is 242 g/mol. The number of aryl methyl sites for hydroxylation is 1. The molecule has 0 heteroatoms. The predicted molar refractivity (Wildman–Crippen MR) is 79.6 cm³/mol. The molecule has 0 fully saturated rings. The van der Waals surface area contributed by atoms with Crippen LogP contribution in [0.15, 0.2) is 42.0 Å². The van der Waals surface area contributed by atoms with Crippen LogP contribution in [0.1, 0.15) is 45.6 Å². The second-order valence-corrected chi connectivity index (χ2v) is 6.13. The molecule has 0 aliphatic heterocycles. The summed E-state index contributed by atoms with van der Waals surface area (Å²) in [6.45, 7) is 7.10. The van der Waals surface area contributed by atoms with E-state index in [4.69, 9.17) is 0 Å². The molecule has 2 atom stereocenters. The van der Waals surface area contributed by atoms with Crippen LogP contribution in [0, 0.1) is 17.8 Å². The van der Waals surface area contributed by atoms with Gasteiger partial charge in [-0.05, 0) is 49.0 Å². The summed E-state index contributed by atoms with van der Waals surface area (Å²) in [4.78, 5) is 0. The summed E-state index contributed by atoms with van der Waals surface area (Å²) in [5.74, 6) is 2.40. The highest BCUT2D eigenvalue weighted by Crippen LogP contribution is 2.35. The highest BCUT2D eigenvalue weighted by atomic mass is 14.3. The van der Waals surface area contributed by atoms with Crippen LogP contribution in [0.4, 0.5) is 0 Å². The van der Waals surface area contributed by atoms with Crippen molar-refractivity contribution >= 4 is 0 Å². The quantitative estimate of drug-likeness (QED) is 0.633. The molecule has 98 valence electrons. The Balaban J connectivity index is 2.01. The zero-order valence-electron chi connectivity index (χ0n) is 12.0. The van der Waals surface area contributed by atoms with Crippen molar-refractivity contribution in [2.45, 2.75) is 46.5 Å². The second kappa shape index (κ2) is 6.22. The number of hydrogen-bond donors (Lipinski definition) is 0. The van der Waals surface area contributed by atoms with E-state index in [1.807, 2.05) is 0 Å². The molecule has 1 aliphatic carbocycles. The standard InChI is InChI=1S/C18H26/c1-14(2)18-12-9-15(3)13-17(18)11-10-16-7-5-4-6-8-16/h4-8,13-15,18H,9-12H2,1-3H3. The van der Waals surface area contributed by atoms with Gasteiger partial charge < -0.3 is 0 Å². The van der Waals surface area contributed by atoms with Crippen LogP contribution in [0.5, 0.6) is 0 Å². The molecule has 1 aliphatic rings. The Hall–Kier alpha value is -1.04. The van der Waals surface area contributed by atoms with Crippen LogP contribution < -0.4 is 0 Å². The van der Waals surface area contributed by atoms with Crippen LogP contribution in [0.2, 0.25) is 0 Å². The Morgan fingerprint density at radius 3 is 2.44 bits per heavy atom. The zero-order chi connectivity index (χ0) is 13.0. The Kier molecular flexibility index (Phi) is 4.63. The fourth-order valence-electron chi connectivity index (χ4n) is 3.16. The van der Waals surface area contributed by atoms with E-state index in [0.717, 1.165) is 17.8 Å². The third kappa shape index (κ3) is 3.48. The van der Waals surface area contributed by atoms with Gasteiger partial charge in [-0.25, -0.2) is 0 Å². The SMILES string of the molecule is CC1C=C(CCc2ccccc2)C(C(C)C)CC1. The summed E-state index contributed by atoms with van der Waals surface area (Å²) in [7, 11) is 0. The molecular weight excluding hydrogens is 216 g/mol. The minimum atomic E-state index is 0.783. The molecule has 1 aromatic rings. The van der Waals surface area contributed by atoms with Crippen LogP contribution >= 0.6 is 0 Å². The van der Waals surface area contributed by atoms with Crippen molar-refractivity contribution in [3.8, 4) is 0 Å². The summed E-state index contributed by atoms with van der Waals surface area (Å²) in [5.41, 5.74) is 3.19. The molecule has 0 radical (unpaired) electrons. The smallest absolute Gasteiger partial charge is 0.0180 e. The van der Waals surface area contributed by atoms with E-state index in [1.54, 1.807) is 5.57 Å². The molecule has 0 nitrogen and oxygen atoms in total. The lowest BCUT2D eigenvalue weighted by Crippen LogP contribution is -2.18. The molecule has 0 bridgehead atoms. The van der Waals surface area contributed by atoms with E-state index in [-0.39, 0.29) is 0 Å². The Bertz CT molecular complexity index is 386. The number of hydrogen-bond acceptors (Lipinski definition) is 0. The Labute approximate surface area is 112 Å². The van der Waals surface area contributed by atoms with Gasteiger partial charge in [0.1, 0.15) is 0 Å². The first-order chi connectivity index (χ1) is 8.66. The van der Waals surface area contributed by atoms with E-state index in [1.165, 1.54) is 31.2 Å². The van der Waals surface area contributed by atoms with Gasteiger partial charge in [0.25, 0.3) is 0 Å². The van der Waals surface area contributed by atoms with Gasteiger partial charge in [0.2, 0.25) is 0 Å². The van der Waals surface area contributed by atoms with Gasteiger partial charge in [-0.1, -0.05) is 62.8 Å². The molecule has 18 heavy (non-hydrogen) atoms. The highest BCUT2D eigenvalue weighted by Gasteiger charge is 2.23. The van der Waals surface area contributed by atoms with Crippen molar-refractivity contribution in [3.63, 3.8) is 0 Å². The second-order valence-electron chi connectivity index (χ2n) is 6.13. The third-order valence-electron chi connectivity index (χ3n) is 4.26. The van der Waals surface area contributed by atoms with Crippen LogP contribution in [0.3, 0.4) is 0 Å². The molecule has 0 aromatic heterocycles. The summed E-state index contributed by atoms with van der Waals surface area (Å²) in [6, 6.07) is 10.9. The van der Waals surface area contributed by atoms with Crippen molar-refractivity contribution in [2.75, 3.05) is 0 Å². The first-order valence-corrected chi connectivity index (χ1v) is 7.41. The summed E-state index contributed by atoms with van der Waals surface area (Å²) < 4.78 is 0. The van der Waals surface area contributed by atoms with Crippen LogP contribution in [-0.4, -0.2) is 0 Å². The van der Waals surface area contributed by atoms with Crippen molar-refractivity contribution in [3.05, 3.63) is 47.5 Å². The summed E-state index contributed by atoms with van der Waals surface area (Å²) in [6.07, 6.45) is 7.76. The predicted octanol–water partition coefficient (Wildman–Crippen LogP) is 5.25. The first-order valence-electron chi connectivity index (χ1n) is 7.41. The van der Waals surface area contributed by atoms with Gasteiger partial charge >= 0.3 is 0 Å². The van der Waals surface area contributed by atoms with Gasteiger partial charge in [0, 0.05) is 0 Å². The first kappa shape index (κ1) is 13.4. The van der Waals surface area contributed by atoms with Gasteiger partial charge in [-0.3, -0.25) is 0 Å². The third-order valence-corrected chi connectivity index (χ3v) is 4.26. The molecule has 0 N–H and O–H groups in total. The fourth-order valence-corrected chi connectivity index (χ4v) is 3.16. The lowest BCUT2D eigenvalue weighted by Gasteiger charge is -2.30. The maximum absolute atomic E-state index is 2.55. The molecule has 0 amide bonds. The molecule has 0 heterocycles. The van der Waals surface area contributed by atoms with Crippen LogP contribution in [0.25, 0.3) is 0 Å². The summed E-state index contributed by atoms with van der Waals surface area (Å²) in [5, 5.41) is 0. The Morgan fingerprint density at radius 1 is 1.06 bits per heavy atom. The van der Waals surface area contributed by atoms with E-state index in [0.29, 0.717) is 0 Å². The lowest BCUT2D eigenvalue weighted by atomic mass is 9.75. The normalized spacial score (nSPS) is 24.1. The van der Waals surface area contributed by atoms with E-state index in [9.17, 15) is 0 Å². The maximum atomic E-state index is 2.55. The summed E-state index contributed by atoms with van der Waals surface area (Å²) >= 11 is 0. The van der Waals surface area contributed by atoms with Gasteiger partial charge in [0.05, 0.1) is 0 Å². The topological polar surface area (TPSA) is 0 Å². The molecule has 1 aromatic carbocycles. The van der Waals surface area contributed by atoms with Crippen molar-refractivity contribution < 1.29 is 0 Å². The lowest BCUT2D eigenvalue weighted by molar-refractivity contribution is 0.353. The highest BCUT2D eigenvalue weighted by molar-refractivity contribution is 5.19. The monoisotopic (exact) mass is 242 g/mol. The molecule has 2 rings (SSSR count). The molecule has 0 spiro atoms. The van der Waals surface area contributed by atoms with Gasteiger partial charge in [-0.2, -0.15) is 0 Å². The molecule has 0 saturated carbocycles. The van der Waals surface area contributed by atoms with Crippen LogP contribution in [-0.2, 0) is 6.42 Å². The number of rotatable bonds is 4. The minimum absolute atomic E-state index is 0.783. The van der Waals surface area contributed by atoms with Crippen molar-refractivity contribution in [1.82, 2.24) is 0 Å². The minimum Gasteiger partial charge on any atom is -0.0822 e. The number of allylic oxidation sites excluding steroid dienone is 2. The van der Waals surface area contributed by atoms with E-state index < -0.39 is 0 Å².